The van der Waals surface area contributed by atoms with E-state index in [2.05, 4.69) is 20.7 Å². The Balaban J connectivity index is 1.46. The van der Waals surface area contributed by atoms with Crippen LogP contribution in [0.5, 0.6) is 0 Å². The zero-order chi connectivity index (χ0) is 17.2. The van der Waals surface area contributed by atoms with Gasteiger partial charge in [0.15, 0.2) is 5.76 Å². The van der Waals surface area contributed by atoms with Crippen LogP contribution in [0.2, 0.25) is 0 Å². The molecular weight excluding hydrogens is 324 g/mol. The van der Waals surface area contributed by atoms with Crippen molar-refractivity contribution < 1.29 is 13.9 Å². The first-order valence-electron chi connectivity index (χ1n) is 8.02. The van der Waals surface area contributed by atoms with E-state index in [0.29, 0.717) is 32.1 Å². The molecule has 0 saturated carbocycles. The Morgan fingerprint density at radius 1 is 1.44 bits per heavy atom. The molecule has 0 fully saturated rings. The second-order valence-electron chi connectivity index (χ2n) is 5.98. The van der Waals surface area contributed by atoms with E-state index in [0.717, 1.165) is 17.1 Å². The summed E-state index contributed by atoms with van der Waals surface area (Å²) in [7, 11) is 1.87. The summed E-state index contributed by atoms with van der Waals surface area (Å²) in [6, 6.07) is 5.22. The fourth-order valence-electron chi connectivity index (χ4n) is 2.90. The normalized spacial score (nSPS) is 17.1. The Labute approximate surface area is 143 Å². The summed E-state index contributed by atoms with van der Waals surface area (Å²) in [4.78, 5) is 12.0. The van der Waals surface area contributed by atoms with Crippen molar-refractivity contribution in [1.82, 2.24) is 30.1 Å². The predicted molar refractivity (Wildman–Crippen MR) is 86.4 cm³/mol. The molecular formula is C16H18N6O3. The molecule has 4 rings (SSSR count). The van der Waals surface area contributed by atoms with Crippen LogP contribution in [0, 0.1) is 5.92 Å². The Bertz CT molecular complexity index is 866. The lowest BCUT2D eigenvalue weighted by Crippen LogP contribution is -2.32. The van der Waals surface area contributed by atoms with Crippen LogP contribution >= 0.6 is 0 Å². The molecule has 25 heavy (non-hydrogen) atoms. The van der Waals surface area contributed by atoms with Crippen LogP contribution in [0.3, 0.4) is 0 Å². The third-order valence-corrected chi connectivity index (χ3v) is 4.22. The van der Waals surface area contributed by atoms with E-state index in [1.807, 2.05) is 17.8 Å². The average molecular weight is 342 g/mol. The van der Waals surface area contributed by atoms with Gasteiger partial charge in [0.2, 0.25) is 0 Å². The number of nitrogens with one attached hydrogen (secondary N) is 1. The van der Waals surface area contributed by atoms with Gasteiger partial charge in [-0.2, -0.15) is 5.10 Å². The van der Waals surface area contributed by atoms with E-state index in [-0.39, 0.29) is 11.8 Å². The Morgan fingerprint density at radius 3 is 3.12 bits per heavy atom. The van der Waals surface area contributed by atoms with Crippen LogP contribution < -0.4 is 5.32 Å². The van der Waals surface area contributed by atoms with Crippen molar-refractivity contribution in [1.29, 1.82) is 0 Å². The number of ether oxygens (including phenoxy) is 1. The molecule has 4 heterocycles. The molecule has 3 aromatic rings. The first-order valence-corrected chi connectivity index (χ1v) is 8.02. The zero-order valence-corrected chi connectivity index (χ0v) is 13.8. The van der Waals surface area contributed by atoms with Gasteiger partial charge in [0.25, 0.3) is 5.91 Å². The number of hydrogen-bond donors (Lipinski definition) is 1. The number of aromatic nitrogens is 5. The number of carbonyl (C=O) groups is 1. The lowest BCUT2D eigenvalue weighted by Gasteiger charge is -2.14. The highest BCUT2D eigenvalue weighted by Gasteiger charge is 2.24. The highest BCUT2D eigenvalue weighted by atomic mass is 16.5. The molecule has 9 heteroatoms. The van der Waals surface area contributed by atoms with Gasteiger partial charge in [0.05, 0.1) is 30.9 Å². The summed E-state index contributed by atoms with van der Waals surface area (Å²) in [5.74, 6) is 0.166. The average Bonchev–Trinajstić information content (AvgIpc) is 3.32. The van der Waals surface area contributed by atoms with Gasteiger partial charge in [0, 0.05) is 32.3 Å². The Hall–Kier alpha value is -2.94. The third kappa shape index (κ3) is 3.05. The van der Waals surface area contributed by atoms with Gasteiger partial charge in [-0.3, -0.25) is 9.48 Å². The molecule has 3 aromatic heterocycles. The molecule has 0 spiro atoms. The van der Waals surface area contributed by atoms with Crippen LogP contribution in [0.25, 0.3) is 11.4 Å². The SMILES string of the molecule is Cn1nccc1-c1nnn2c1COCC(CNC(=O)c1ccco1)C2. The first-order chi connectivity index (χ1) is 12.2. The first kappa shape index (κ1) is 15.6. The number of carbonyl (C=O) groups excluding carboxylic acids is 1. The lowest BCUT2D eigenvalue weighted by atomic mass is 10.1. The van der Waals surface area contributed by atoms with Gasteiger partial charge in [-0.05, 0) is 18.2 Å². The second kappa shape index (κ2) is 6.52. The quantitative estimate of drug-likeness (QED) is 0.754. The molecule has 1 atom stereocenters. The minimum atomic E-state index is -0.233. The number of fused-ring (bicyclic) bond motifs is 1. The number of hydrogen-bond acceptors (Lipinski definition) is 6. The van der Waals surface area contributed by atoms with Gasteiger partial charge in [-0.1, -0.05) is 5.21 Å². The zero-order valence-electron chi connectivity index (χ0n) is 13.8. The maximum Gasteiger partial charge on any atom is 0.286 e. The minimum Gasteiger partial charge on any atom is -0.459 e. The van der Waals surface area contributed by atoms with Crippen molar-refractivity contribution in [3.05, 3.63) is 42.1 Å². The van der Waals surface area contributed by atoms with E-state index in [1.165, 1.54) is 6.26 Å². The largest absolute Gasteiger partial charge is 0.459 e. The molecule has 1 N–H and O–H groups in total. The van der Waals surface area contributed by atoms with Crippen molar-refractivity contribution in [2.24, 2.45) is 13.0 Å². The third-order valence-electron chi connectivity index (χ3n) is 4.22. The van der Waals surface area contributed by atoms with Crippen LogP contribution in [0.15, 0.2) is 35.1 Å². The van der Waals surface area contributed by atoms with Crippen LogP contribution in [-0.4, -0.2) is 43.8 Å². The van der Waals surface area contributed by atoms with Gasteiger partial charge in [0.1, 0.15) is 5.69 Å². The molecule has 0 bridgehead atoms. The van der Waals surface area contributed by atoms with Gasteiger partial charge in [-0.15, -0.1) is 5.10 Å². The van der Waals surface area contributed by atoms with Crippen LogP contribution in [0.4, 0.5) is 0 Å². The summed E-state index contributed by atoms with van der Waals surface area (Å²) in [5.41, 5.74) is 2.60. The van der Waals surface area contributed by atoms with Crippen molar-refractivity contribution in [2.45, 2.75) is 13.2 Å². The van der Waals surface area contributed by atoms with Crippen LogP contribution in [0.1, 0.15) is 16.2 Å². The summed E-state index contributed by atoms with van der Waals surface area (Å²) in [5, 5.41) is 15.6. The molecule has 1 aliphatic heterocycles. The van der Waals surface area contributed by atoms with E-state index in [1.54, 1.807) is 23.0 Å². The molecule has 1 amide bonds. The molecule has 9 nitrogen and oxygen atoms in total. The van der Waals surface area contributed by atoms with Crippen molar-refractivity contribution in [2.75, 3.05) is 13.2 Å². The predicted octanol–water partition coefficient (Wildman–Crippen LogP) is 0.848. The van der Waals surface area contributed by atoms with E-state index < -0.39 is 0 Å². The fraction of sp³-hybridized carbons (Fsp3) is 0.375. The summed E-state index contributed by atoms with van der Waals surface area (Å²) < 4.78 is 14.5. The Morgan fingerprint density at radius 2 is 2.36 bits per heavy atom. The molecule has 0 aliphatic carbocycles. The molecule has 130 valence electrons. The van der Waals surface area contributed by atoms with Crippen molar-refractivity contribution in [3.8, 4) is 11.4 Å². The summed E-state index contributed by atoms with van der Waals surface area (Å²) in [6.45, 7) is 2.06. The lowest BCUT2D eigenvalue weighted by molar-refractivity contribution is 0.0835. The minimum absolute atomic E-state index is 0.0984. The topological polar surface area (TPSA) is 100 Å². The van der Waals surface area contributed by atoms with Gasteiger partial charge < -0.3 is 14.5 Å². The molecule has 0 radical (unpaired) electrons. The second-order valence-corrected chi connectivity index (χ2v) is 5.98. The van der Waals surface area contributed by atoms with Gasteiger partial charge in [-0.25, -0.2) is 4.68 Å². The highest BCUT2D eigenvalue weighted by molar-refractivity contribution is 5.91. The maximum atomic E-state index is 12.0. The standard InChI is InChI=1S/C16H18N6O3/c1-21-12(4-5-18-21)15-13-10-24-9-11(8-22(13)20-19-15)7-17-16(23)14-3-2-6-25-14/h2-6,11H,7-10H2,1H3,(H,17,23). The fourth-order valence-corrected chi connectivity index (χ4v) is 2.90. The number of aryl methyl sites for hydroxylation is 1. The van der Waals surface area contributed by atoms with E-state index in [4.69, 9.17) is 9.15 Å². The van der Waals surface area contributed by atoms with E-state index >= 15 is 0 Å². The van der Waals surface area contributed by atoms with E-state index in [9.17, 15) is 4.79 Å². The molecule has 0 aromatic carbocycles. The van der Waals surface area contributed by atoms with Gasteiger partial charge >= 0.3 is 0 Å². The highest BCUT2D eigenvalue weighted by Crippen LogP contribution is 2.23. The maximum absolute atomic E-state index is 12.0. The Kier molecular flexibility index (Phi) is 4.06. The summed E-state index contributed by atoms with van der Waals surface area (Å²) in [6.07, 6.45) is 3.21. The number of furan rings is 1. The summed E-state index contributed by atoms with van der Waals surface area (Å²) >= 11 is 0. The van der Waals surface area contributed by atoms with Crippen LogP contribution in [-0.2, 0) is 24.9 Å². The van der Waals surface area contributed by atoms with Crippen molar-refractivity contribution in [3.63, 3.8) is 0 Å². The molecule has 1 aliphatic rings. The monoisotopic (exact) mass is 342 g/mol. The van der Waals surface area contributed by atoms with Crippen molar-refractivity contribution >= 4 is 5.91 Å². The number of amides is 1. The number of rotatable bonds is 4. The molecule has 1 unspecified atom stereocenters. The molecule has 0 saturated heterocycles. The number of nitrogens with zero attached hydrogens (tertiary/aromatic N) is 5. The smallest absolute Gasteiger partial charge is 0.286 e.